The monoisotopic (exact) mass is 342 g/mol. The lowest BCUT2D eigenvalue weighted by molar-refractivity contribution is 0.287. The van der Waals surface area contributed by atoms with Crippen molar-refractivity contribution in [2.45, 2.75) is 39.8 Å². The summed E-state index contributed by atoms with van der Waals surface area (Å²) in [5.41, 5.74) is 4.93. The number of aryl methyl sites for hydroxylation is 1. The van der Waals surface area contributed by atoms with E-state index in [-0.39, 0.29) is 12.1 Å². The van der Waals surface area contributed by atoms with Crippen molar-refractivity contribution in [2.75, 3.05) is 6.54 Å². The number of nitrogens with zero attached hydrogens (tertiary/aromatic N) is 3. The molecule has 1 aliphatic heterocycles. The van der Waals surface area contributed by atoms with E-state index in [1.54, 1.807) is 0 Å². The van der Waals surface area contributed by atoms with Crippen molar-refractivity contribution >= 4 is 17.3 Å². The van der Waals surface area contributed by atoms with Gasteiger partial charge >= 0.3 is 0 Å². The summed E-state index contributed by atoms with van der Waals surface area (Å²) in [7, 11) is 2.12. The van der Waals surface area contributed by atoms with Crippen molar-refractivity contribution in [2.24, 2.45) is 13.0 Å². The summed E-state index contributed by atoms with van der Waals surface area (Å²) in [6.07, 6.45) is 1.85. The van der Waals surface area contributed by atoms with E-state index in [9.17, 15) is 0 Å². The summed E-state index contributed by atoms with van der Waals surface area (Å²) in [5, 5.41) is 4.34. The van der Waals surface area contributed by atoms with E-state index in [1.807, 2.05) is 18.3 Å². The highest BCUT2D eigenvalue weighted by Crippen LogP contribution is 2.40. The molecule has 0 amide bonds. The van der Waals surface area contributed by atoms with Gasteiger partial charge in [0.15, 0.2) is 5.11 Å². The van der Waals surface area contributed by atoms with Crippen molar-refractivity contribution in [3.05, 3.63) is 53.1 Å². The molecule has 1 aliphatic rings. The van der Waals surface area contributed by atoms with E-state index in [1.165, 1.54) is 17.0 Å². The molecule has 0 aromatic carbocycles. The van der Waals surface area contributed by atoms with E-state index >= 15 is 0 Å². The number of thiocarbonyl (C=S) groups is 1. The fourth-order valence-corrected chi connectivity index (χ4v) is 3.83. The molecule has 3 heterocycles. The van der Waals surface area contributed by atoms with E-state index in [2.05, 4.69) is 66.6 Å². The van der Waals surface area contributed by atoms with E-state index in [0.717, 1.165) is 17.4 Å². The molecule has 2 aromatic rings. The minimum atomic E-state index is 0.0814. The van der Waals surface area contributed by atoms with Gasteiger partial charge < -0.3 is 14.8 Å². The molecular weight excluding hydrogens is 316 g/mol. The van der Waals surface area contributed by atoms with Crippen LogP contribution in [0.5, 0.6) is 0 Å². The smallest absolute Gasteiger partial charge is 0.170 e. The van der Waals surface area contributed by atoms with E-state index < -0.39 is 0 Å². The average Bonchev–Trinajstić information content (AvgIpc) is 3.00. The Kier molecular flexibility index (Phi) is 4.63. The van der Waals surface area contributed by atoms with Crippen molar-refractivity contribution in [3.8, 4) is 0 Å². The second-order valence-electron chi connectivity index (χ2n) is 7.06. The predicted molar refractivity (Wildman–Crippen MR) is 102 cm³/mol. The zero-order chi connectivity index (χ0) is 17.4. The standard InChI is InChI=1S/C19H26N4S/c1-12(2)11-23-18(15-10-13(3)22(5)14(15)4)17(21-19(23)24)16-8-6-7-9-20-16/h6-10,12,17-18H,11H2,1-5H3,(H,21,24)/t17-,18+/m0/s1. The molecule has 1 N–H and O–H groups in total. The summed E-state index contributed by atoms with van der Waals surface area (Å²) in [6, 6.07) is 8.62. The summed E-state index contributed by atoms with van der Waals surface area (Å²) in [6.45, 7) is 9.74. The van der Waals surface area contributed by atoms with Crippen LogP contribution in [-0.2, 0) is 7.05 Å². The van der Waals surface area contributed by atoms with Gasteiger partial charge in [-0.05, 0) is 55.7 Å². The SMILES string of the molecule is Cc1cc([C@@H]2[C@H](c3ccccn3)NC(=S)N2CC(C)C)c(C)n1C. The molecule has 128 valence electrons. The van der Waals surface area contributed by atoms with Gasteiger partial charge in [-0.2, -0.15) is 0 Å². The van der Waals surface area contributed by atoms with Gasteiger partial charge in [-0.1, -0.05) is 19.9 Å². The molecule has 0 aliphatic carbocycles. The normalized spacial score (nSPS) is 20.8. The van der Waals surface area contributed by atoms with Crippen molar-refractivity contribution in [1.82, 2.24) is 19.8 Å². The second kappa shape index (κ2) is 6.55. The molecule has 0 unspecified atom stereocenters. The molecule has 1 fully saturated rings. The Hall–Kier alpha value is -1.88. The number of nitrogens with one attached hydrogen (secondary N) is 1. The third-order valence-corrected chi connectivity index (χ3v) is 5.24. The van der Waals surface area contributed by atoms with Crippen LogP contribution in [-0.4, -0.2) is 26.1 Å². The summed E-state index contributed by atoms with van der Waals surface area (Å²) in [5.74, 6) is 0.542. The van der Waals surface area contributed by atoms with Gasteiger partial charge in [0, 0.05) is 31.2 Å². The Morgan fingerprint density at radius 2 is 2.04 bits per heavy atom. The third kappa shape index (κ3) is 2.93. The first-order valence-corrected chi connectivity index (χ1v) is 8.91. The molecule has 1 saturated heterocycles. The minimum absolute atomic E-state index is 0.0814. The Labute approximate surface area is 149 Å². The fraction of sp³-hybridized carbons (Fsp3) is 0.474. The molecule has 3 rings (SSSR count). The summed E-state index contributed by atoms with van der Waals surface area (Å²) in [4.78, 5) is 6.92. The van der Waals surface area contributed by atoms with E-state index in [0.29, 0.717) is 5.92 Å². The van der Waals surface area contributed by atoms with Crippen LogP contribution in [0.3, 0.4) is 0 Å². The zero-order valence-electron chi connectivity index (χ0n) is 15.1. The van der Waals surface area contributed by atoms with Crippen molar-refractivity contribution in [3.63, 3.8) is 0 Å². The van der Waals surface area contributed by atoms with Crippen LogP contribution in [0.2, 0.25) is 0 Å². The lowest BCUT2D eigenvalue weighted by Gasteiger charge is -2.29. The van der Waals surface area contributed by atoms with Gasteiger partial charge in [0.2, 0.25) is 0 Å². The Bertz CT molecular complexity index is 735. The van der Waals surface area contributed by atoms with Crippen LogP contribution < -0.4 is 5.32 Å². The largest absolute Gasteiger partial charge is 0.352 e. The van der Waals surface area contributed by atoms with Crippen LogP contribution in [0, 0.1) is 19.8 Å². The van der Waals surface area contributed by atoms with Crippen molar-refractivity contribution < 1.29 is 0 Å². The topological polar surface area (TPSA) is 33.1 Å². The van der Waals surface area contributed by atoms with Gasteiger partial charge in [0.05, 0.1) is 17.8 Å². The molecule has 5 heteroatoms. The van der Waals surface area contributed by atoms with E-state index in [4.69, 9.17) is 12.2 Å². The molecule has 24 heavy (non-hydrogen) atoms. The molecule has 0 saturated carbocycles. The molecule has 0 spiro atoms. The molecule has 4 nitrogen and oxygen atoms in total. The number of rotatable bonds is 4. The fourth-order valence-electron chi connectivity index (χ4n) is 3.52. The number of hydrogen-bond acceptors (Lipinski definition) is 2. The lowest BCUT2D eigenvalue weighted by atomic mass is 9.96. The maximum absolute atomic E-state index is 5.68. The van der Waals surface area contributed by atoms with Gasteiger partial charge in [-0.25, -0.2) is 0 Å². The zero-order valence-corrected chi connectivity index (χ0v) is 15.9. The predicted octanol–water partition coefficient (Wildman–Crippen LogP) is 3.67. The second-order valence-corrected chi connectivity index (χ2v) is 7.44. The first-order valence-electron chi connectivity index (χ1n) is 8.51. The third-order valence-electron chi connectivity index (χ3n) is 4.89. The van der Waals surface area contributed by atoms with Crippen LogP contribution in [0.4, 0.5) is 0 Å². The minimum Gasteiger partial charge on any atom is -0.352 e. The van der Waals surface area contributed by atoms with Gasteiger partial charge in [-0.15, -0.1) is 0 Å². The van der Waals surface area contributed by atoms with Crippen LogP contribution in [0.1, 0.15) is 48.6 Å². The highest BCUT2D eigenvalue weighted by atomic mass is 32.1. The Balaban J connectivity index is 2.09. The molecule has 2 atom stereocenters. The van der Waals surface area contributed by atoms with Crippen LogP contribution >= 0.6 is 12.2 Å². The first-order chi connectivity index (χ1) is 11.4. The highest BCUT2D eigenvalue weighted by Gasteiger charge is 2.41. The van der Waals surface area contributed by atoms with Gasteiger partial charge in [0.1, 0.15) is 0 Å². The average molecular weight is 343 g/mol. The summed E-state index contributed by atoms with van der Waals surface area (Å²) >= 11 is 5.68. The van der Waals surface area contributed by atoms with Gasteiger partial charge in [0.25, 0.3) is 0 Å². The molecular formula is C19H26N4S. The quantitative estimate of drug-likeness (QED) is 0.860. The Morgan fingerprint density at radius 1 is 1.29 bits per heavy atom. The number of pyridine rings is 1. The van der Waals surface area contributed by atoms with Crippen LogP contribution in [0.25, 0.3) is 0 Å². The number of hydrogen-bond donors (Lipinski definition) is 1. The van der Waals surface area contributed by atoms with Crippen LogP contribution in [0.15, 0.2) is 30.5 Å². The molecule has 0 radical (unpaired) electrons. The number of aromatic nitrogens is 2. The van der Waals surface area contributed by atoms with Gasteiger partial charge in [-0.3, -0.25) is 4.98 Å². The highest BCUT2D eigenvalue weighted by molar-refractivity contribution is 7.80. The van der Waals surface area contributed by atoms with Crippen molar-refractivity contribution in [1.29, 1.82) is 0 Å². The lowest BCUT2D eigenvalue weighted by Crippen LogP contribution is -2.33. The first kappa shape index (κ1) is 17.0. The molecule has 0 bridgehead atoms. The summed E-state index contributed by atoms with van der Waals surface area (Å²) < 4.78 is 2.25. The Morgan fingerprint density at radius 3 is 2.58 bits per heavy atom. The maximum Gasteiger partial charge on any atom is 0.170 e. The maximum atomic E-state index is 5.68. The molecule has 2 aromatic heterocycles.